The first-order valence-electron chi connectivity index (χ1n) is 8.86. The number of thiocarbonyl (C=S) groups is 1. The summed E-state index contributed by atoms with van der Waals surface area (Å²) in [6.07, 6.45) is 3.54. The van der Waals surface area contributed by atoms with Crippen molar-refractivity contribution in [2.75, 3.05) is 5.32 Å². The molecule has 154 valence electrons. The number of benzene rings is 2. The quantitative estimate of drug-likeness (QED) is 0.234. The Labute approximate surface area is 186 Å². The molecule has 0 spiro atoms. The maximum Gasteiger partial charge on any atom is 0.387 e. The number of ether oxygens (including phenoxy) is 1. The first kappa shape index (κ1) is 21.9. The van der Waals surface area contributed by atoms with Crippen molar-refractivity contribution in [1.29, 1.82) is 0 Å². The maximum absolute atomic E-state index is 13.4. The second-order valence-corrected chi connectivity index (χ2v) is 7.57. The lowest BCUT2D eigenvalue weighted by Crippen LogP contribution is -2.40. The van der Waals surface area contributed by atoms with Crippen LogP contribution in [0.2, 0.25) is 0 Å². The van der Waals surface area contributed by atoms with E-state index in [4.69, 9.17) is 12.2 Å². The number of nitrogens with zero attached hydrogens (tertiary/aromatic N) is 1. The number of aromatic nitrogens is 1. The van der Waals surface area contributed by atoms with Gasteiger partial charge < -0.3 is 15.2 Å². The average Bonchev–Trinajstić information content (AvgIpc) is 2.69. The number of alkyl halides is 2. The van der Waals surface area contributed by atoms with Gasteiger partial charge in [-0.05, 0) is 54.6 Å². The second kappa shape index (κ2) is 9.77. The molecule has 0 saturated heterocycles. The van der Waals surface area contributed by atoms with Gasteiger partial charge in [0.1, 0.15) is 5.75 Å². The monoisotopic (exact) mass is 490 g/mol. The summed E-state index contributed by atoms with van der Waals surface area (Å²) < 4.78 is 31.3. The molecule has 0 fully saturated rings. The van der Waals surface area contributed by atoms with Gasteiger partial charge in [0, 0.05) is 21.8 Å². The van der Waals surface area contributed by atoms with E-state index in [1.54, 1.807) is 47.3 Å². The minimum atomic E-state index is -2.90. The Hall–Kier alpha value is -2.84. The van der Waals surface area contributed by atoms with Crippen LogP contribution in [0.15, 0.2) is 77.5 Å². The molecule has 0 unspecified atom stereocenters. The van der Waals surface area contributed by atoms with Crippen LogP contribution in [0.1, 0.15) is 11.1 Å². The standard InChI is InChI=1S/C22H17BrF2N2O2S/c1-14-5-4-12-27(13-14)19(20(28)17-6-2-3-7-18(17)23)21(30)26-15-8-10-16(11-9-15)29-22(24)25/h2-13,22H,1H3,(H-,26,28,30). The van der Waals surface area contributed by atoms with Crippen molar-refractivity contribution < 1.29 is 23.2 Å². The van der Waals surface area contributed by atoms with E-state index >= 15 is 0 Å². The molecule has 0 aliphatic heterocycles. The van der Waals surface area contributed by atoms with Crippen molar-refractivity contribution >= 4 is 50.3 Å². The Morgan fingerprint density at radius 1 is 1.10 bits per heavy atom. The molecule has 0 atom stereocenters. The predicted molar refractivity (Wildman–Crippen MR) is 118 cm³/mol. The average molecular weight is 491 g/mol. The van der Waals surface area contributed by atoms with E-state index in [-0.39, 0.29) is 22.2 Å². The highest BCUT2D eigenvalue weighted by Crippen LogP contribution is 2.25. The van der Waals surface area contributed by atoms with Crippen LogP contribution in [0.25, 0.3) is 11.5 Å². The third-order valence-corrected chi connectivity index (χ3v) is 5.08. The van der Waals surface area contributed by atoms with Crippen LogP contribution in [0.4, 0.5) is 14.5 Å². The van der Waals surface area contributed by atoms with Crippen LogP contribution in [-0.2, 0) is 0 Å². The Morgan fingerprint density at radius 3 is 2.43 bits per heavy atom. The molecule has 3 rings (SSSR count). The SMILES string of the molecule is Cc1ccc[n+](/C(C(=S)Nc2ccc(OC(F)F)cc2)=C(/[O-])c2ccccc2Br)c1. The minimum Gasteiger partial charge on any atom is -0.867 e. The number of hydrogen-bond acceptors (Lipinski definition) is 3. The summed E-state index contributed by atoms with van der Waals surface area (Å²) in [4.78, 5) is 0.189. The van der Waals surface area contributed by atoms with Crippen LogP contribution in [0.3, 0.4) is 0 Å². The number of aryl methyl sites for hydroxylation is 1. The Kier molecular flexibility index (Phi) is 7.12. The number of rotatable bonds is 6. The molecule has 0 radical (unpaired) electrons. The van der Waals surface area contributed by atoms with E-state index in [2.05, 4.69) is 26.0 Å². The van der Waals surface area contributed by atoms with E-state index in [1.165, 1.54) is 12.1 Å². The van der Waals surface area contributed by atoms with Gasteiger partial charge in [0.25, 0.3) is 0 Å². The van der Waals surface area contributed by atoms with Crippen LogP contribution < -0.4 is 19.7 Å². The van der Waals surface area contributed by atoms with E-state index in [0.717, 1.165) is 5.56 Å². The minimum absolute atomic E-state index is 0.0306. The Morgan fingerprint density at radius 2 is 1.80 bits per heavy atom. The molecule has 8 heteroatoms. The van der Waals surface area contributed by atoms with Crippen molar-refractivity contribution in [2.45, 2.75) is 13.5 Å². The van der Waals surface area contributed by atoms with Crippen molar-refractivity contribution in [3.05, 3.63) is 88.7 Å². The fourth-order valence-corrected chi connectivity index (χ4v) is 3.53. The summed E-state index contributed by atoms with van der Waals surface area (Å²) in [7, 11) is 0. The predicted octanol–water partition coefficient (Wildman–Crippen LogP) is 4.77. The Bertz CT molecular complexity index is 1090. The summed E-state index contributed by atoms with van der Waals surface area (Å²) >= 11 is 8.96. The topological polar surface area (TPSA) is 48.2 Å². The molecule has 2 aromatic carbocycles. The number of hydrogen-bond donors (Lipinski definition) is 1. The highest BCUT2D eigenvalue weighted by molar-refractivity contribution is 9.10. The molecule has 0 amide bonds. The zero-order valence-corrected chi connectivity index (χ0v) is 18.2. The smallest absolute Gasteiger partial charge is 0.387 e. The summed E-state index contributed by atoms with van der Waals surface area (Å²) in [5, 5.41) is 16.4. The molecule has 0 aliphatic carbocycles. The fraction of sp³-hybridized carbons (Fsp3) is 0.0909. The van der Waals surface area contributed by atoms with E-state index in [0.29, 0.717) is 15.7 Å². The van der Waals surface area contributed by atoms with Crippen molar-refractivity contribution in [1.82, 2.24) is 0 Å². The highest BCUT2D eigenvalue weighted by Gasteiger charge is 2.20. The Balaban J connectivity index is 1.99. The van der Waals surface area contributed by atoms with Gasteiger partial charge >= 0.3 is 6.61 Å². The summed E-state index contributed by atoms with van der Waals surface area (Å²) in [5.74, 6) is -0.240. The number of nitrogens with one attached hydrogen (secondary N) is 1. The molecule has 0 bridgehead atoms. The van der Waals surface area contributed by atoms with Crippen LogP contribution >= 0.6 is 28.1 Å². The largest absolute Gasteiger partial charge is 0.867 e. The lowest BCUT2D eigenvalue weighted by molar-refractivity contribution is -0.578. The zero-order chi connectivity index (χ0) is 21.7. The molecule has 1 aromatic heterocycles. The molecule has 3 aromatic rings. The first-order chi connectivity index (χ1) is 14.3. The normalized spacial score (nSPS) is 11.8. The molecule has 30 heavy (non-hydrogen) atoms. The van der Waals surface area contributed by atoms with Gasteiger partial charge in [-0.3, -0.25) is 0 Å². The third-order valence-electron chi connectivity index (χ3n) is 4.09. The van der Waals surface area contributed by atoms with Crippen molar-refractivity contribution in [3.8, 4) is 5.75 Å². The van der Waals surface area contributed by atoms with Gasteiger partial charge in [-0.15, -0.1) is 0 Å². The molecule has 0 aliphatic rings. The van der Waals surface area contributed by atoms with Gasteiger partial charge in [-0.1, -0.05) is 46.3 Å². The number of halogens is 3. The molecule has 1 N–H and O–H groups in total. The second-order valence-electron chi connectivity index (χ2n) is 6.30. The molecule has 4 nitrogen and oxygen atoms in total. The van der Waals surface area contributed by atoms with Crippen LogP contribution in [0.5, 0.6) is 5.75 Å². The molecular weight excluding hydrogens is 474 g/mol. The van der Waals surface area contributed by atoms with Gasteiger partial charge in [-0.25, -0.2) is 0 Å². The molecule has 1 heterocycles. The van der Waals surface area contributed by atoms with Gasteiger partial charge in [0.05, 0.1) is 0 Å². The van der Waals surface area contributed by atoms with Gasteiger partial charge in [-0.2, -0.15) is 13.3 Å². The van der Waals surface area contributed by atoms with Crippen molar-refractivity contribution in [2.24, 2.45) is 0 Å². The van der Waals surface area contributed by atoms with Crippen molar-refractivity contribution in [3.63, 3.8) is 0 Å². The van der Waals surface area contributed by atoms with Gasteiger partial charge in [0.15, 0.2) is 17.4 Å². The maximum atomic E-state index is 13.4. The van der Waals surface area contributed by atoms with E-state index in [1.807, 2.05) is 25.1 Å². The van der Waals surface area contributed by atoms with Crippen LogP contribution in [0, 0.1) is 6.92 Å². The summed E-state index contributed by atoms with van der Waals surface area (Å²) in [6.45, 7) is -0.987. The molecule has 0 saturated carbocycles. The summed E-state index contributed by atoms with van der Waals surface area (Å²) in [5.41, 5.74) is 2.21. The number of anilines is 1. The van der Waals surface area contributed by atoms with Gasteiger partial charge in [0.2, 0.25) is 5.70 Å². The molecular formula is C22H17BrF2N2O2S. The van der Waals surface area contributed by atoms with Crippen LogP contribution in [-0.4, -0.2) is 11.6 Å². The third kappa shape index (κ3) is 5.40. The zero-order valence-electron chi connectivity index (χ0n) is 15.8. The lowest BCUT2D eigenvalue weighted by Gasteiger charge is -2.18. The lowest BCUT2D eigenvalue weighted by atomic mass is 10.1. The summed E-state index contributed by atoms with van der Waals surface area (Å²) in [6, 6.07) is 16.7. The number of pyridine rings is 1. The fourth-order valence-electron chi connectivity index (χ4n) is 2.75. The highest BCUT2D eigenvalue weighted by atomic mass is 79.9. The first-order valence-corrected chi connectivity index (χ1v) is 10.1. The van der Waals surface area contributed by atoms with E-state index < -0.39 is 6.61 Å². The van der Waals surface area contributed by atoms with E-state index in [9.17, 15) is 13.9 Å².